The summed E-state index contributed by atoms with van der Waals surface area (Å²) in [4.78, 5) is 41.7. The Morgan fingerprint density at radius 1 is 1.17 bits per heavy atom. The topological polar surface area (TPSA) is 99.5 Å². The molecule has 1 amide bonds. The van der Waals surface area contributed by atoms with Gasteiger partial charge in [0.1, 0.15) is 0 Å². The first kappa shape index (κ1) is 17.6. The Morgan fingerprint density at radius 2 is 2.00 bits per heavy atom. The van der Waals surface area contributed by atoms with Crippen LogP contribution in [0.2, 0.25) is 0 Å². The van der Waals surface area contributed by atoms with Crippen LogP contribution in [-0.2, 0) is 4.79 Å². The summed E-state index contributed by atoms with van der Waals surface area (Å²) < 4.78 is 1.38. The maximum atomic E-state index is 12.4. The molecular formula is C20H21N7O2. The number of carbonyl (C=O) groups excluding carboxylic acids is 1. The number of fused-ring (bicyclic) bond motifs is 1. The number of hydrogen-bond donors (Lipinski definition) is 1. The molecule has 1 aliphatic heterocycles. The molecule has 0 radical (unpaired) electrons. The number of pyridine rings is 1. The van der Waals surface area contributed by atoms with Crippen LogP contribution in [0.5, 0.6) is 0 Å². The van der Waals surface area contributed by atoms with E-state index >= 15 is 0 Å². The van der Waals surface area contributed by atoms with Gasteiger partial charge in [-0.1, -0.05) is 6.07 Å². The Kier molecular flexibility index (Phi) is 4.34. The van der Waals surface area contributed by atoms with Crippen molar-refractivity contribution in [1.82, 2.24) is 29.5 Å². The summed E-state index contributed by atoms with van der Waals surface area (Å²) in [5.74, 6) is 1.40. The van der Waals surface area contributed by atoms with Crippen LogP contribution in [-0.4, -0.2) is 61.6 Å². The van der Waals surface area contributed by atoms with Gasteiger partial charge in [0.05, 0.1) is 5.69 Å². The maximum Gasteiger partial charge on any atom is 0.274 e. The molecule has 1 N–H and O–H groups in total. The molecule has 9 heteroatoms. The molecule has 1 saturated heterocycles. The van der Waals surface area contributed by atoms with Crippen LogP contribution in [0.1, 0.15) is 30.0 Å². The molecule has 1 saturated carbocycles. The van der Waals surface area contributed by atoms with Gasteiger partial charge in [0.15, 0.2) is 0 Å². The third-order valence-corrected chi connectivity index (χ3v) is 5.33. The smallest absolute Gasteiger partial charge is 0.274 e. The molecule has 2 aliphatic rings. The lowest BCUT2D eigenvalue weighted by Gasteiger charge is -2.33. The Balaban J connectivity index is 1.25. The van der Waals surface area contributed by atoms with Crippen LogP contribution in [0, 0.1) is 0 Å². The molecular weight excluding hydrogens is 370 g/mol. The van der Waals surface area contributed by atoms with E-state index in [1.807, 2.05) is 21.9 Å². The van der Waals surface area contributed by atoms with Crippen molar-refractivity contribution in [2.45, 2.75) is 18.8 Å². The zero-order valence-electron chi connectivity index (χ0n) is 15.9. The second kappa shape index (κ2) is 7.16. The van der Waals surface area contributed by atoms with E-state index in [0.29, 0.717) is 43.8 Å². The van der Waals surface area contributed by atoms with E-state index < -0.39 is 0 Å². The molecule has 0 bridgehead atoms. The third kappa shape index (κ3) is 3.63. The zero-order valence-corrected chi connectivity index (χ0v) is 15.9. The fourth-order valence-corrected chi connectivity index (χ4v) is 3.50. The molecule has 0 atom stereocenters. The molecule has 9 nitrogen and oxygen atoms in total. The lowest BCUT2D eigenvalue weighted by atomic mass is 10.2. The molecule has 4 heterocycles. The van der Waals surface area contributed by atoms with Crippen molar-refractivity contribution in [2.24, 2.45) is 0 Å². The summed E-state index contributed by atoms with van der Waals surface area (Å²) in [6.45, 7) is 2.44. The summed E-state index contributed by atoms with van der Waals surface area (Å²) >= 11 is 0. The summed E-state index contributed by atoms with van der Waals surface area (Å²) in [6, 6.07) is 5.34. The summed E-state index contributed by atoms with van der Waals surface area (Å²) in [6.07, 6.45) is 8.95. The molecule has 148 valence electrons. The van der Waals surface area contributed by atoms with Gasteiger partial charge in [-0.25, -0.2) is 4.98 Å². The van der Waals surface area contributed by atoms with Gasteiger partial charge in [0.25, 0.3) is 11.3 Å². The van der Waals surface area contributed by atoms with Crippen LogP contribution in [0.4, 0.5) is 5.95 Å². The minimum atomic E-state index is -0.134. The van der Waals surface area contributed by atoms with Crippen molar-refractivity contribution in [3.8, 4) is 0 Å². The zero-order chi connectivity index (χ0) is 19.8. The normalized spacial score (nSPS) is 17.4. The molecule has 2 fully saturated rings. The van der Waals surface area contributed by atoms with Crippen molar-refractivity contribution in [2.75, 3.05) is 31.1 Å². The van der Waals surface area contributed by atoms with E-state index in [2.05, 4.69) is 20.1 Å². The number of anilines is 1. The quantitative estimate of drug-likeness (QED) is 0.668. The van der Waals surface area contributed by atoms with E-state index in [-0.39, 0.29) is 11.5 Å². The van der Waals surface area contributed by atoms with Crippen molar-refractivity contribution in [3.63, 3.8) is 0 Å². The number of piperazine rings is 1. The highest BCUT2D eigenvalue weighted by Gasteiger charge is 2.27. The van der Waals surface area contributed by atoms with Crippen molar-refractivity contribution in [3.05, 3.63) is 58.3 Å². The number of amides is 1. The Bertz CT molecular complexity index is 1120. The first-order valence-electron chi connectivity index (χ1n) is 9.79. The Morgan fingerprint density at radius 3 is 2.72 bits per heavy atom. The van der Waals surface area contributed by atoms with E-state index in [4.69, 9.17) is 0 Å². The van der Waals surface area contributed by atoms with Crippen molar-refractivity contribution in [1.29, 1.82) is 0 Å². The average molecular weight is 391 g/mol. The standard InChI is InChI=1S/C20H21N7O2/c28-17(6-3-14-2-1-7-21-13-14)25-8-10-26(11-9-25)20-23-19-22-16(15-4-5-15)12-18(29)27(19)24-20/h1-3,6-7,12-13,15H,4-5,8-11H2,(H,22,23,24)/b6-3+. The third-order valence-electron chi connectivity index (χ3n) is 5.33. The number of rotatable bonds is 4. The molecule has 0 spiro atoms. The first-order chi connectivity index (χ1) is 14.2. The van der Waals surface area contributed by atoms with Crippen molar-refractivity contribution >= 4 is 23.7 Å². The van der Waals surface area contributed by atoms with Gasteiger partial charge in [0.2, 0.25) is 11.9 Å². The van der Waals surface area contributed by atoms with Gasteiger partial charge < -0.3 is 9.80 Å². The SMILES string of the molecule is O=C(/C=C/c1cccnc1)N1CCN(c2nc3nc(C4CC4)cc(=O)n3[nH]2)CC1. The highest BCUT2D eigenvalue weighted by molar-refractivity contribution is 5.91. The Hall–Kier alpha value is -3.49. The molecule has 29 heavy (non-hydrogen) atoms. The second-order valence-electron chi connectivity index (χ2n) is 7.41. The lowest BCUT2D eigenvalue weighted by molar-refractivity contribution is -0.126. The van der Waals surface area contributed by atoms with Gasteiger partial charge in [-0.15, -0.1) is 0 Å². The van der Waals surface area contributed by atoms with Gasteiger partial charge in [-0.2, -0.15) is 9.50 Å². The second-order valence-corrected chi connectivity index (χ2v) is 7.41. The van der Waals surface area contributed by atoms with E-state index in [9.17, 15) is 9.59 Å². The molecule has 3 aromatic heterocycles. The molecule has 3 aromatic rings. The monoisotopic (exact) mass is 391 g/mol. The van der Waals surface area contributed by atoms with Crippen LogP contribution in [0.25, 0.3) is 11.9 Å². The fraction of sp³-hybridized carbons (Fsp3) is 0.350. The number of aromatic amines is 1. The summed E-state index contributed by atoms with van der Waals surface area (Å²) in [5.41, 5.74) is 1.60. The van der Waals surface area contributed by atoms with Gasteiger partial charge in [-0.3, -0.25) is 19.7 Å². The minimum Gasteiger partial charge on any atom is -0.338 e. The molecule has 1 aliphatic carbocycles. The van der Waals surface area contributed by atoms with Crippen LogP contribution in [0.15, 0.2) is 41.5 Å². The number of aromatic nitrogens is 5. The maximum absolute atomic E-state index is 12.4. The Labute approximate surface area is 166 Å². The highest BCUT2D eigenvalue weighted by Crippen LogP contribution is 2.38. The molecule has 0 aromatic carbocycles. The van der Waals surface area contributed by atoms with Crippen LogP contribution >= 0.6 is 0 Å². The predicted molar refractivity (Wildman–Crippen MR) is 108 cm³/mol. The predicted octanol–water partition coefficient (Wildman–Crippen LogP) is 1.05. The number of nitrogens with zero attached hydrogens (tertiary/aromatic N) is 6. The van der Waals surface area contributed by atoms with Crippen molar-refractivity contribution < 1.29 is 4.79 Å². The first-order valence-corrected chi connectivity index (χ1v) is 9.79. The summed E-state index contributed by atoms with van der Waals surface area (Å²) in [7, 11) is 0. The van der Waals surface area contributed by atoms with E-state index in [1.54, 1.807) is 30.6 Å². The van der Waals surface area contributed by atoms with Gasteiger partial charge >= 0.3 is 0 Å². The highest BCUT2D eigenvalue weighted by atomic mass is 16.2. The van der Waals surface area contributed by atoms with E-state index in [0.717, 1.165) is 24.1 Å². The fourth-order valence-electron chi connectivity index (χ4n) is 3.50. The number of hydrogen-bond acceptors (Lipinski definition) is 6. The average Bonchev–Trinajstić information content (AvgIpc) is 3.52. The number of H-pyrrole nitrogens is 1. The molecule has 5 rings (SSSR count). The number of carbonyl (C=O) groups is 1. The van der Waals surface area contributed by atoms with Crippen LogP contribution < -0.4 is 10.5 Å². The van der Waals surface area contributed by atoms with Gasteiger partial charge in [-0.05, 0) is 30.5 Å². The largest absolute Gasteiger partial charge is 0.338 e. The summed E-state index contributed by atoms with van der Waals surface area (Å²) in [5, 5.41) is 3.04. The number of nitrogens with one attached hydrogen (secondary N) is 1. The lowest BCUT2D eigenvalue weighted by Crippen LogP contribution is -2.48. The minimum absolute atomic E-state index is 0.0231. The van der Waals surface area contributed by atoms with Crippen LogP contribution in [0.3, 0.4) is 0 Å². The van der Waals surface area contributed by atoms with Gasteiger partial charge in [0, 0.05) is 56.6 Å². The molecule has 0 unspecified atom stereocenters. The van der Waals surface area contributed by atoms with E-state index in [1.165, 1.54) is 4.52 Å².